The van der Waals surface area contributed by atoms with Crippen molar-refractivity contribution in [1.82, 2.24) is 39.0 Å². The van der Waals surface area contributed by atoms with Crippen LogP contribution in [0.5, 0.6) is 0 Å². The van der Waals surface area contributed by atoms with E-state index in [1.807, 2.05) is 109 Å². The van der Waals surface area contributed by atoms with Crippen LogP contribution in [0.4, 0.5) is 0 Å². The lowest BCUT2D eigenvalue weighted by Gasteiger charge is -2.12. The van der Waals surface area contributed by atoms with Crippen molar-refractivity contribution in [3.63, 3.8) is 0 Å². The Morgan fingerprint density at radius 1 is 0.232 bits per heavy atom. The summed E-state index contributed by atoms with van der Waals surface area (Å²) in [7, 11) is 0. The summed E-state index contributed by atoms with van der Waals surface area (Å²) in [6.07, 6.45) is 0. The molecule has 0 N–H and O–H groups in total. The Morgan fingerprint density at radius 2 is 0.482 bits per heavy atom. The van der Waals surface area contributed by atoms with Crippen molar-refractivity contribution in [1.29, 1.82) is 0 Å². The van der Waals surface area contributed by atoms with Crippen LogP contribution in [0.25, 0.3) is 101 Å². The Balaban J connectivity index is 1.07. The van der Waals surface area contributed by atoms with Gasteiger partial charge in [0.2, 0.25) is 11.9 Å². The molecule has 4 aromatic heterocycles. The molecule has 0 aliphatic rings. The van der Waals surface area contributed by atoms with E-state index < -0.39 is 0 Å². The average Bonchev–Trinajstić information content (AvgIpc) is 3.80. The minimum Gasteiger partial charge on any atom is -0.278 e. The minimum absolute atomic E-state index is 0.552. The molecule has 0 fully saturated rings. The number of rotatable bonds is 6. The Bertz CT molecular complexity index is 2920. The summed E-state index contributed by atoms with van der Waals surface area (Å²) in [5, 5.41) is 4.57. The maximum atomic E-state index is 5.13. The second-order valence-corrected chi connectivity index (χ2v) is 13.6. The largest absolute Gasteiger partial charge is 0.278 e. The van der Waals surface area contributed by atoms with Crippen molar-refractivity contribution in [3.8, 4) is 57.4 Å². The first-order valence-corrected chi connectivity index (χ1v) is 18.5. The summed E-state index contributed by atoms with van der Waals surface area (Å²) in [6, 6.07) is 61.7. The molecule has 0 amide bonds. The summed E-state index contributed by atoms with van der Waals surface area (Å²) >= 11 is 0. The standard InChI is InChI=1S/C48H30N8/c1-3-15-31(16-4-1)43-49-45(53-47(51-43)55-39-23-11-7-19-35(39)36-20-8-12-24-40(36)55)33-27-29-34(30-28-33)46-50-44(32-17-5-2-6-18-32)52-48(54-46)56-41-25-13-9-21-37(41)38-22-10-14-26-42(38)56/h1-30H. The van der Waals surface area contributed by atoms with E-state index in [1.165, 1.54) is 0 Å². The maximum Gasteiger partial charge on any atom is 0.238 e. The molecular formula is C48H30N8. The smallest absolute Gasteiger partial charge is 0.238 e. The van der Waals surface area contributed by atoms with Crippen LogP contribution in [0.15, 0.2) is 182 Å². The maximum absolute atomic E-state index is 5.13. The molecule has 0 unspecified atom stereocenters. The first-order valence-electron chi connectivity index (χ1n) is 18.5. The molecule has 8 nitrogen and oxygen atoms in total. The first-order chi connectivity index (χ1) is 27.8. The van der Waals surface area contributed by atoms with Crippen LogP contribution < -0.4 is 0 Å². The van der Waals surface area contributed by atoms with Crippen LogP contribution in [-0.4, -0.2) is 39.0 Å². The van der Waals surface area contributed by atoms with E-state index in [2.05, 4.69) is 81.9 Å². The fraction of sp³-hybridized carbons (Fsp3) is 0. The SMILES string of the molecule is c1ccc(-c2nc(-c3ccc(-c4nc(-c5ccccc5)nc(-n5c6ccccc6c6ccccc65)n4)cc3)nc(-n3c4ccccc4c4ccccc43)n2)cc1. The van der Waals surface area contributed by atoms with Gasteiger partial charge in [0.25, 0.3) is 0 Å². The monoisotopic (exact) mass is 718 g/mol. The predicted octanol–water partition coefficient (Wildman–Crippen LogP) is 10.9. The van der Waals surface area contributed by atoms with Crippen molar-refractivity contribution in [2.45, 2.75) is 0 Å². The van der Waals surface area contributed by atoms with E-state index in [1.54, 1.807) is 0 Å². The lowest BCUT2D eigenvalue weighted by atomic mass is 10.1. The molecule has 262 valence electrons. The van der Waals surface area contributed by atoms with E-state index in [4.69, 9.17) is 29.9 Å². The number of fused-ring (bicyclic) bond motifs is 6. The van der Waals surface area contributed by atoms with Crippen LogP contribution in [0.1, 0.15) is 0 Å². The summed E-state index contributed by atoms with van der Waals surface area (Å²) in [5.41, 5.74) is 7.63. The van der Waals surface area contributed by atoms with Crippen molar-refractivity contribution in [2.24, 2.45) is 0 Å². The molecule has 0 saturated heterocycles. The molecule has 0 atom stereocenters. The van der Waals surface area contributed by atoms with Gasteiger partial charge in [-0.3, -0.25) is 9.13 Å². The van der Waals surface area contributed by atoms with Gasteiger partial charge in [-0.1, -0.05) is 158 Å². The fourth-order valence-corrected chi connectivity index (χ4v) is 7.66. The topological polar surface area (TPSA) is 87.2 Å². The number of nitrogens with zero attached hydrogens (tertiary/aromatic N) is 8. The zero-order valence-electron chi connectivity index (χ0n) is 29.9. The molecule has 0 spiro atoms. The lowest BCUT2D eigenvalue weighted by molar-refractivity contribution is 0.951. The first kappa shape index (κ1) is 31.7. The van der Waals surface area contributed by atoms with Gasteiger partial charge in [-0.25, -0.2) is 9.97 Å². The number of hydrogen-bond donors (Lipinski definition) is 0. The number of para-hydroxylation sites is 4. The molecule has 11 rings (SSSR count). The molecule has 0 radical (unpaired) electrons. The number of hydrogen-bond acceptors (Lipinski definition) is 6. The molecule has 7 aromatic carbocycles. The van der Waals surface area contributed by atoms with E-state index in [-0.39, 0.29) is 0 Å². The summed E-state index contributed by atoms with van der Waals surface area (Å²) < 4.78 is 4.26. The van der Waals surface area contributed by atoms with Gasteiger partial charge >= 0.3 is 0 Å². The Hall–Kier alpha value is -7.84. The summed E-state index contributed by atoms with van der Waals surface area (Å²) in [4.78, 5) is 30.4. The van der Waals surface area contributed by atoms with Crippen LogP contribution in [0.2, 0.25) is 0 Å². The van der Waals surface area contributed by atoms with Gasteiger partial charge < -0.3 is 0 Å². The van der Waals surface area contributed by atoms with Crippen molar-refractivity contribution in [3.05, 3.63) is 182 Å². The van der Waals surface area contributed by atoms with E-state index in [0.29, 0.717) is 35.2 Å². The third-order valence-corrected chi connectivity index (χ3v) is 10.3. The van der Waals surface area contributed by atoms with Gasteiger partial charge in [-0.15, -0.1) is 0 Å². The van der Waals surface area contributed by atoms with Gasteiger partial charge in [-0.2, -0.15) is 19.9 Å². The number of benzene rings is 7. The number of aromatic nitrogens is 8. The highest BCUT2D eigenvalue weighted by Crippen LogP contribution is 2.34. The van der Waals surface area contributed by atoms with Crippen LogP contribution >= 0.6 is 0 Å². The zero-order chi connectivity index (χ0) is 37.0. The van der Waals surface area contributed by atoms with Crippen LogP contribution in [0, 0.1) is 0 Å². The second-order valence-electron chi connectivity index (χ2n) is 13.6. The molecular weight excluding hydrogens is 689 g/mol. The van der Waals surface area contributed by atoms with Gasteiger partial charge in [0.05, 0.1) is 22.1 Å². The third-order valence-electron chi connectivity index (χ3n) is 10.3. The Labute approximate surface area is 321 Å². The Morgan fingerprint density at radius 3 is 0.786 bits per heavy atom. The molecule has 11 aromatic rings. The predicted molar refractivity (Wildman–Crippen MR) is 224 cm³/mol. The van der Waals surface area contributed by atoms with Crippen LogP contribution in [0.3, 0.4) is 0 Å². The third kappa shape index (κ3) is 5.23. The van der Waals surface area contributed by atoms with Crippen molar-refractivity contribution in [2.75, 3.05) is 0 Å². The van der Waals surface area contributed by atoms with Gasteiger partial charge in [-0.05, 0) is 24.3 Å². The molecule has 56 heavy (non-hydrogen) atoms. The summed E-state index contributed by atoms with van der Waals surface area (Å²) in [5.74, 6) is 3.42. The van der Waals surface area contributed by atoms with Crippen molar-refractivity contribution >= 4 is 43.6 Å². The van der Waals surface area contributed by atoms with Crippen molar-refractivity contribution < 1.29 is 0 Å². The highest BCUT2D eigenvalue weighted by Gasteiger charge is 2.20. The highest BCUT2D eigenvalue weighted by molar-refractivity contribution is 6.10. The van der Waals surface area contributed by atoms with Gasteiger partial charge in [0.15, 0.2) is 23.3 Å². The molecule has 0 saturated carbocycles. The molecule has 0 aliphatic carbocycles. The van der Waals surface area contributed by atoms with E-state index >= 15 is 0 Å². The molecule has 4 heterocycles. The van der Waals surface area contributed by atoms with Crippen LogP contribution in [-0.2, 0) is 0 Å². The summed E-state index contributed by atoms with van der Waals surface area (Å²) in [6.45, 7) is 0. The van der Waals surface area contributed by atoms with E-state index in [9.17, 15) is 0 Å². The second kappa shape index (κ2) is 12.9. The Kier molecular flexibility index (Phi) is 7.31. The molecule has 0 bridgehead atoms. The van der Waals surface area contributed by atoms with E-state index in [0.717, 1.165) is 65.9 Å². The zero-order valence-corrected chi connectivity index (χ0v) is 29.9. The molecule has 8 heteroatoms. The van der Waals surface area contributed by atoms with Gasteiger partial charge in [0.1, 0.15) is 0 Å². The lowest BCUT2D eigenvalue weighted by Crippen LogP contribution is -2.07. The van der Waals surface area contributed by atoms with Gasteiger partial charge in [0, 0.05) is 43.8 Å². The fourth-order valence-electron chi connectivity index (χ4n) is 7.66. The quantitative estimate of drug-likeness (QED) is 0.170. The average molecular weight is 719 g/mol. The minimum atomic E-state index is 0.552. The normalized spacial score (nSPS) is 11.6. The highest BCUT2D eigenvalue weighted by atomic mass is 15.2. The molecule has 0 aliphatic heterocycles.